The van der Waals surface area contributed by atoms with Crippen molar-refractivity contribution in [3.63, 3.8) is 0 Å². The number of benzene rings is 1. The van der Waals surface area contributed by atoms with Crippen LogP contribution in [0.5, 0.6) is 0 Å². The molecule has 1 N–H and O–H groups in total. The topological polar surface area (TPSA) is 70.5 Å². The van der Waals surface area contributed by atoms with Gasteiger partial charge in [-0.1, -0.05) is 38.1 Å². The molecule has 0 unspecified atom stereocenters. The van der Waals surface area contributed by atoms with Crippen LogP contribution in [0.4, 0.5) is 5.82 Å². The van der Waals surface area contributed by atoms with Crippen LogP contribution in [0.2, 0.25) is 0 Å². The van der Waals surface area contributed by atoms with E-state index in [-0.39, 0.29) is 57.3 Å². The van der Waals surface area contributed by atoms with Gasteiger partial charge < -0.3 is 12.5 Å². The summed E-state index contributed by atoms with van der Waals surface area (Å²) < 4.78 is 27.2. The molecule has 1 aromatic carbocycles. The number of nitrogens with zero attached hydrogens (tertiary/aromatic N) is 2. The minimum Gasteiger partial charge on any atom is -0.505 e. The SMILES string of the molecule is CC.CCN1c2nc(C)sc2C(O)=C(c2ccccc2C)S1(=O)=O.[CH3-].[Y]. The van der Waals surface area contributed by atoms with Crippen LogP contribution >= 0.6 is 11.3 Å². The minimum atomic E-state index is -3.83. The molecular formula is C18H25N2O3S2Y-. The third-order valence-electron chi connectivity index (χ3n) is 3.61. The second-order valence-corrected chi connectivity index (χ2v) is 8.05. The Bertz CT molecular complexity index is 890. The van der Waals surface area contributed by atoms with E-state index in [1.54, 1.807) is 26.0 Å². The largest absolute Gasteiger partial charge is 0.505 e. The fraction of sp³-hybridized carbons (Fsp3) is 0.333. The molecule has 1 radical (unpaired) electrons. The zero-order valence-electron chi connectivity index (χ0n) is 16.1. The van der Waals surface area contributed by atoms with Gasteiger partial charge in [-0.3, -0.25) is 0 Å². The normalized spacial score (nSPS) is 14.4. The molecule has 0 saturated carbocycles. The van der Waals surface area contributed by atoms with Gasteiger partial charge >= 0.3 is 0 Å². The molecule has 1 aromatic heterocycles. The van der Waals surface area contributed by atoms with Crippen LogP contribution in [0.25, 0.3) is 10.7 Å². The molecule has 5 nitrogen and oxygen atoms in total. The number of anilines is 1. The van der Waals surface area contributed by atoms with Gasteiger partial charge in [-0.2, -0.15) is 0 Å². The van der Waals surface area contributed by atoms with Gasteiger partial charge in [0.25, 0.3) is 10.0 Å². The van der Waals surface area contributed by atoms with Gasteiger partial charge in [-0.05, 0) is 26.3 Å². The first-order valence-corrected chi connectivity index (χ1v) is 10.1. The maximum atomic E-state index is 13.0. The molecule has 0 bridgehead atoms. The summed E-state index contributed by atoms with van der Waals surface area (Å²) in [7, 11) is -3.83. The van der Waals surface area contributed by atoms with Crippen LogP contribution in [0.1, 0.15) is 41.8 Å². The molecule has 0 atom stereocenters. The molecule has 141 valence electrons. The van der Waals surface area contributed by atoms with Crippen molar-refractivity contribution < 1.29 is 46.2 Å². The number of aryl methyl sites for hydroxylation is 2. The van der Waals surface area contributed by atoms with Crippen molar-refractivity contribution in [2.24, 2.45) is 0 Å². The van der Waals surface area contributed by atoms with Gasteiger partial charge in [0, 0.05) is 44.8 Å². The first-order chi connectivity index (χ1) is 11.4. The number of thiazole rings is 1. The van der Waals surface area contributed by atoms with E-state index in [4.69, 9.17) is 0 Å². The Morgan fingerprint density at radius 1 is 1.19 bits per heavy atom. The fourth-order valence-corrected chi connectivity index (χ4v) is 5.37. The summed E-state index contributed by atoms with van der Waals surface area (Å²) in [5.41, 5.74) is 1.32. The molecule has 8 heteroatoms. The van der Waals surface area contributed by atoms with Crippen LogP contribution in [0, 0.1) is 21.3 Å². The van der Waals surface area contributed by atoms with E-state index in [0.717, 1.165) is 10.6 Å². The van der Waals surface area contributed by atoms with Crippen LogP contribution in [-0.4, -0.2) is 25.1 Å². The Labute approximate surface area is 186 Å². The number of hydrogen-bond donors (Lipinski definition) is 1. The zero-order valence-corrected chi connectivity index (χ0v) is 20.5. The molecule has 1 aliphatic rings. The van der Waals surface area contributed by atoms with E-state index in [9.17, 15) is 13.5 Å². The van der Waals surface area contributed by atoms with Crippen LogP contribution < -0.4 is 4.31 Å². The van der Waals surface area contributed by atoms with Crippen molar-refractivity contribution >= 4 is 37.8 Å². The van der Waals surface area contributed by atoms with Gasteiger partial charge in [-0.25, -0.2) is 17.7 Å². The Morgan fingerprint density at radius 2 is 1.77 bits per heavy atom. The summed E-state index contributed by atoms with van der Waals surface area (Å²) in [5.74, 6) is 0.111. The number of aromatic nitrogens is 1. The van der Waals surface area contributed by atoms with E-state index in [0.29, 0.717) is 16.3 Å². The second kappa shape index (κ2) is 9.97. The Morgan fingerprint density at radius 3 is 2.31 bits per heavy atom. The maximum Gasteiger partial charge on any atom is 0.269 e. The number of aliphatic hydroxyl groups excluding tert-OH is 1. The molecule has 1 aliphatic heterocycles. The molecule has 2 aromatic rings. The summed E-state index contributed by atoms with van der Waals surface area (Å²) in [5, 5.41) is 11.3. The third kappa shape index (κ3) is 4.21. The number of sulfonamides is 1. The molecule has 2 heterocycles. The molecule has 3 rings (SSSR count). The van der Waals surface area contributed by atoms with E-state index in [1.807, 2.05) is 32.9 Å². The van der Waals surface area contributed by atoms with Crippen LogP contribution in [0.3, 0.4) is 0 Å². The second-order valence-electron chi connectivity index (χ2n) is 5.05. The van der Waals surface area contributed by atoms with Crippen LogP contribution in [-0.2, 0) is 42.7 Å². The van der Waals surface area contributed by atoms with E-state index in [2.05, 4.69) is 4.98 Å². The predicted octanol–water partition coefficient (Wildman–Crippen LogP) is 4.79. The Kier molecular flexibility index (Phi) is 9.68. The van der Waals surface area contributed by atoms with E-state index in [1.165, 1.54) is 15.6 Å². The average molecular weight is 470 g/mol. The van der Waals surface area contributed by atoms with Gasteiger partial charge in [0.05, 0.1) is 5.01 Å². The first-order valence-electron chi connectivity index (χ1n) is 7.87. The predicted molar refractivity (Wildman–Crippen MR) is 107 cm³/mol. The molecule has 0 saturated heterocycles. The Hall–Kier alpha value is -0.756. The van der Waals surface area contributed by atoms with Crippen molar-refractivity contribution in [2.75, 3.05) is 10.8 Å². The summed E-state index contributed by atoms with van der Waals surface area (Å²) in [6.45, 7) is 9.65. The van der Waals surface area contributed by atoms with Crippen molar-refractivity contribution in [1.82, 2.24) is 4.98 Å². The van der Waals surface area contributed by atoms with Crippen molar-refractivity contribution in [1.29, 1.82) is 0 Å². The molecule has 0 fully saturated rings. The average Bonchev–Trinajstić information content (AvgIpc) is 2.92. The molecule has 0 aliphatic carbocycles. The quantitative estimate of drug-likeness (QED) is 0.641. The minimum absolute atomic E-state index is 0. The van der Waals surface area contributed by atoms with Gasteiger partial charge in [0.1, 0.15) is 9.78 Å². The standard InChI is InChI=1S/C15H16N2O3S2.C2H6.CH3.Y/c1-4-17-15-13(21-10(3)16-15)12(18)14(22(17,19)20)11-8-6-5-7-9(11)2;1-2;;/h5-8,18H,4H2,1-3H3;1-2H3;1H3;/q;;-1;. The zero-order chi connectivity index (χ0) is 18.1. The van der Waals surface area contributed by atoms with Crippen molar-refractivity contribution in [3.8, 4) is 0 Å². The summed E-state index contributed by atoms with van der Waals surface area (Å²) in [6.07, 6.45) is 0. The Balaban J connectivity index is 0.00000151. The maximum absolute atomic E-state index is 13.0. The van der Waals surface area contributed by atoms with Crippen molar-refractivity contribution in [2.45, 2.75) is 34.6 Å². The first kappa shape index (κ1) is 25.2. The van der Waals surface area contributed by atoms with Gasteiger partial charge in [0.15, 0.2) is 11.6 Å². The molecule has 26 heavy (non-hydrogen) atoms. The third-order valence-corrected chi connectivity index (χ3v) is 6.51. The number of rotatable bonds is 2. The number of hydrogen-bond acceptors (Lipinski definition) is 5. The monoisotopic (exact) mass is 470 g/mol. The summed E-state index contributed by atoms with van der Waals surface area (Å²) in [6, 6.07) is 7.15. The molecule has 0 spiro atoms. The summed E-state index contributed by atoms with van der Waals surface area (Å²) >= 11 is 1.30. The van der Waals surface area contributed by atoms with Gasteiger partial charge in [-0.15, -0.1) is 11.3 Å². The van der Waals surface area contributed by atoms with Gasteiger partial charge in [0.2, 0.25) is 0 Å². The summed E-state index contributed by atoms with van der Waals surface area (Å²) in [4.78, 5) is 4.74. The number of fused-ring (bicyclic) bond motifs is 1. The smallest absolute Gasteiger partial charge is 0.269 e. The molecule has 0 amide bonds. The van der Waals surface area contributed by atoms with E-state index < -0.39 is 10.0 Å². The fourth-order valence-electron chi connectivity index (χ4n) is 2.60. The van der Waals surface area contributed by atoms with Crippen molar-refractivity contribution in [3.05, 3.63) is 52.7 Å². The van der Waals surface area contributed by atoms with Crippen LogP contribution in [0.15, 0.2) is 24.3 Å². The van der Waals surface area contributed by atoms with E-state index >= 15 is 0 Å². The molecular weight excluding hydrogens is 445 g/mol. The number of aliphatic hydroxyl groups is 1.